The Bertz CT molecular complexity index is 276. The zero-order chi connectivity index (χ0) is 10.4. The lowest BCUT2D eigenvalue weighted by Crippen LogP contribution is -2.20. The highest BCUT2D eigenvalue weighted by molar-refractivity contribution is 6.31. The van der Waals surface area contributed by atoms with Gasteiger partial charge in [0.05, 0.1) is 12.7 Å². The smallest absolute Gasteiger partial charge is 0.0845 e. The highest BCUT2D eigenvalue weighted by Crippen LogP contribution is 2.17. The third-order valence-corrected chi connectivity index (χ3v) is 2.46. The van der Waals surface area contributed by atoms with Crippen LogP contribution in [0.15, 0.2) is 24.3 Å². The molecule has 0 saturated heterocycles. The average Bonchev–Trinajstić information content (AvgIpc) is 2.20. The second-order valence-electron chi connectivity index (χ2n) is 3.11. The lowest BCUT2D eigenvalue weighted by Gasteiger charge is -2.14. The van der Waals surface area contributed by atoms with Crippen LogP contribution < -0.4 is 0 Å². The van der Waals surface area contributed by atoms with Gasteiger partial charge in [-0.25, -0.2) is 0 Å². The lowest BCUT2D eigenvalue weighted by molar-refractivity contribution is 0.0289. The van der Waals surface area contributed by atoms with E-state index in [4.69, 9.17) is 21.1 Å². The first-order valence-corrected chi connectivity index (χ1v) is 4.91. The maximum Gasteiger partial charge on any atom is 0.0845 e. The molecule has 0 fully saturated rings. The third kappa shape index (κ3) is 3.29. The van der Waals surface area contributed by atoms with Crippen molar-refractivity contribution >= 4 is 11.6 Å². The summed E-state index contributed by atoms with van der Waals surface area (Å²) >= 11 is 6.03. The van der Waals surface area contributed by atoms with Crippen molar-refractivity contribution in [3.63, 3.8) is 0 Å². The van der Waals surface area contributed by atoms with Crippen molar-refractivity contribution in [1.29, 1.82) is 0 Å². The quantitative estimate of drug-likeness (QED) is 0.750. The van der Waals surface area contributed by atoms with Gasteiger partial charge in [-0.05, 0) is 11.6 Å². The van der Waals surface area contributed by atoms with E-state index in [1.54, 1.807) is 14.2 Å². The number of methoxy groups -OCH3 is 2. The van der Waals surface area contributed by atoms with E-state index in [9.17, 15) is 0 Å². The van der Waals surface area contributed by atoms with E-state index in [0.717, 1.165) is 17.0 Å². The first-order valence-electron chi connectivity index (χ1n) is 4.53. The fourth-order valence-corrected chi connectivity index (χ4v) is 1.52. The molecule has 0 aliphatic rings. The maximum atomic E-state index is 6.03. The minimum Gasteiger partial charge on any atom is -0.382 e. The van der Waals surface area contributed by atoms with Crippen molar-refractivity contribution < 1.29 is 9.47 Å². The van der Waals surface area contributed by atoms with Crippen LogP contribution in [0.1, 0.15) is 5.56 Å². The van der Waals surface area contributed by atoms with Crippen molar-refractivity contribution in [2.45, 2.75) is 12.5 Å². The van der Waals surface area contributed by atoms with Crippen LogP contribution in [0.3, 0.4) is 0 Å². The summed E-state index contributed by atoms with van der Waals surface area (Å²) in [6.07, 6.45) is 0.851. The van der Waals surface area contributed by atoms with Gasteiger partial charge in [-0.3, -0.25) is 0 Å². The normalized spacial score (nSPS) is 12.8. The largest absolute Gasteiger partial charge is 0.382 e. The molecule has 2 nitrogen and oxygen atoms in total. The van der Waals surface area contributed by atoms with Crippen LogP contribution in [0.25, 0.3) is 0 Å². The molecule has 0 saturated carbocycles. The molecule has 0 heterocycles. The molecule has 0 aromatic heterocycles. The Kier molecular flexibility index (Phi) is 4.94. The molecule has 1 rings (SSSR count). The number of hydrogen-bond acceptors (Lipinski definition) is 2. The molecule has 0 bridgehead atoms. The molecular formula is C11H15ClO2. The van der Waals surface area contributed by atoms with Gasteiger partial charge in [0, 0.05) is 25.7 Å². The molecule has 0 amide bonds. The summed E-state index contributed by atoms with van der Waals surface area (Å²) in [4.78, 5) is 0. The van der Waals surface area contributed by atoms with Crippen LogP contribution in [0.2, 0.25) is 5.02 Å². The van der Waals surface area contributed by atoms with Crippen molar-refractivity contribution in [2.24, 2.45) is 0 Å². The van der Waals surface area contributed by atoms with Gasteiger partial charge in [-0.2, -0.15) is 0 Å². The Labute approximate surface area is 89.8 Å². The molecule has 0 spiro atoms. The standard InChI is InChI=1S/C11H15ClO2/c1-13-8-10(14-2)7-9-5-3-4-6-11(9)12/h3-6,10H,7-8H2,1-2H3. The van der Waals surface area contributed by atoms with E-state index in [2.05, 4.69) is 0 Å². The van der Waals surface area contributed by atoms with Crippen LogP contribution in [0, 0.1) is 0 Å². The van der Waals surface area contributed by atoms with Gasteiger partial charge in [0.15, 0.2) is 0 Å². The molecule has 78 valence electrons. The van der Waals surface area contributed by atoms with Crippen molar-refractivity contribution in [3.8, 4) is 0 Å². The second kappa shape index (κ2) is 6.02. The summed E-state index contributed by atoms with van der Waals surface area (Å²) in [6.45, 7) is 0.585. The topological polar surface area (TPSA) is 18.5 Å². The van der Waals surface area contributed by atoms with Crippen molar-refractivity contribution in [3.05, 3.63) is 34.9 Å². The van der Waals surface area contributed by atoms with Crippen molar-refractivity contribution in [1.82, 2.24) is 0 Å². The fraction of sp³-hybridized carbons (Fsp3) is 0.455. The number of ether oxygens (including phenoxy) is 2. The summed E-state index contributed by atoms with van der Waals surface area (Å²) in [5.74, 6) is 0. The first-order chi connectivity index (χ1) is 6.77. The molecular weight excluding hydrogens is 200 g/mol. The Morgan fingerprint density at radius 3 is 2.57 bits per heavy atom. The zero-order valence-corrected chi connectivity index (χ0v) is 9.25. The Morgan fingerprint density at radius 2 is 2.00 bits per heavy atom. The average molecular weight is 215 g/mol. The van der Waals surface area contributed by atoms with Crippen molar-refractivity contribution in [2.75, 3.05) is 20.8 Å². The molecule has 0 radical (unpaired) electrons. The molecule has 1 atom stereocenters. The van der Waals surface area contributed by atoms with E-state index in [0.29, 0.717) is 6.61 Å². The highest BCUT2D eigenvalue weighted by atomic mass is 35.5. The minimum atomic E-state index is 0.0694. The second-order valence-corrected chi connectivity index (χ2v) is 3.52. The molecule has 0 N–H and O–H groups in total. The van der Waals surface area contributed by atoms with Gasteiger partial charge in [0.25, 0.3) is 0 Å². The van der Waals surface area contributed by atoms with Gasteiger partial charge in [-0.1, -0.05) is 29.8 Å². The first kappa shape index (κ1) is 11.5. The Hall–Kier alpha value is -0.570. The van der Waals surface area contributed by atoms with Crippen LogP contribution in [-0.4, -0.2) is 26.9 Å². The van der Waals surface area contributed by atoms with E-state index in [1.165, 1.54) is 0 Å². The van der Waals surface area contributed by atoms with E-state index in [1.807, 2.05) is 24.3 Å². The Morgan fingerprint density at radius 1 is 1.29 bits per heavy atom. The van der Waals surface area contributed by atoms with Gasteiger partial charge in [0.2, 0.25) is 0 Å². The van der Waals surface area contributed by atoms with Crippen LogP contribution in [0.4, 0.5) is 0 Å². The highest BCUT2D eigenvalue weighted by Gasteiger charge is 2.09. The SMILES string of the molecule is COCC(Cc1ccccc1Cl)OC. The van der Waals surface area contributed by atoms with Gasteiger partial charge in [0.1, 0.15) is 0 Å². The number of benzene rings is 1. The minimum absolute atomic E-state index is 0.0694. The molecule has 1 aromatic rings. The van der Waals surface area contributed by atoms with Gasteiger partial charge < -0.3 is 9.47 Å². The van der Waals surface area contributed by atoms with Crippen LogP contribution >= 0.6 is 11.6 Å². The molecule has 1 aromatic carbocycles. The number of hydrogen-bond donors (Lipinski definition) is 0. The van der Waals surface area contributed by atoms with Gasteiger partial charge >= 0.3 is 0 Å². The molecule has 0 aliphatic heterocycles. The van der Waals surface area contributed by atoms with E-state index in [-0.39, 0.29) is 6.10 Å². The van der Waals surface area contributed by atoms with Crippen LogP contribution in [-0.2, 0) is 15.9 Å². The molecule has 0 aliphatic carbocycles. The summed E-state index contributed by atoms with van der Waals surface area (Å²) in [5.41, 5.74) is 1.10. The van der Waals surface area contributed by atoms with E-state index < -0.39 is 0 Å². The summed E-state index contributed by atoms with van der Waals surface area (Å²) in [6, 6.07) is 7.78. The predicted octanol–water partition coefficient (Wildman–Crippen LogP) is 2.54. The molecule has 14 heavy (non-hydrogen) atoms. The maximum absolute atomic E-state index is 6.03. The summed E-state index contributed by atoms with van der Waals surface area (Å²) in [5, 5.41) is 0.783. The van der Waals surface area contributed by atoms with Gasteiger partial charge in [-0.15, -0.1) is 0 Å². The molecule has 3 heteroatoms. The fourth-order valence-electron chi connectivity index (χ4n) is 1.31. The van der Waals surface area contributed by atoms with Crippen LogP contribution in [0.5, 0.6) is 0 Å². The zero-order valence-electron chi connectivity index (χ0n) is 8.50. The molecule has 1 unspecified atom stereocenters. The lowest BCUT2D eigenvalue weighted by atomic mass is 10.1. The predicted molar refractivity (Wildman–Crippen MR) is 57.8 cm³/mol. The third-order valence-electron chi connectivity index (χ3n) is 2.09. The number of rotatable bonds is 5. The van der Waals surface area contributed by atoms with E-state index >= 15 is 0 Å². The summed E-state index contributed by atoms with van der Waals surface area (Å²) in [7, 11) is 3.35. The Balaban J connectivity index is 2.62. The monoisotopic (exact) mass is 214 g/mol. The summed E-state index contributed by atoms with van der Waals surface area (Å²) < 4.78 is 10.3. The number of halogens is 1.